The molecule has 1 aliphatic rings. The van der Waals surface area contributed by atoms with E-state index in [1.807, 2.05) is 60.7 Å². The van der Waals surface area contributed by atoms with Gasteiger partial charge in [-0.15, -0.1) is 0 Å². The van der Waals surface area contributed by atoms with E-state index in [2.05, 4.69) is 5.32 Å². The van der Waals surface area contributed by atoms with E-state index in [1.54, 1.807) is 23.3 Å². The number of benzene rings is 2. The summed E-state index contributed by atoms with van der Waals surface area (Å²) in [5.41, 5.74) is 0.849. The molecule has 0 unspecified atom stereocenters. The Morgan fingerprint density at radius 1 is 0.886 bits per heavy atom. The van der Waals surface area contributed by atoms with E-state index in [9.17, 15) is 19.2 Å². The molecule has 0 saturated carbocycles. The van der Waals surface area contributed by atoms with Gasteiger partial charge in [0.2, 0.25) is 11.3 Å². The van der Waals surface area contributed by atoms with E-state index in [1.165, 1.54) is 17.3 Å². The first kappa shape index (κ1) is 23.9. The fraction of sp³-hybridized carbons (Fsp3) is 0.259. The molecule has 4 rings (SSSR count). The van der Waals surface area contributed by atoms with Gasteiger partial charge in [0.05, 0.1) is 0 Å². The van der Waals surface area contributed by atoms with Crippen molar-refractivity contribution in [3.8, 4) is 0 Å². The Bertz CT molecular complexity index is 1290. The molecule has 180 valence electrons. The second-order valence-electron chi connectivity index (χ2n) is 8.81. The van der Waals surface area contributed by atoms with Crippen molar-refractivity contribution in [2.24, 2.45) is 0 Å². The minimum absolute atomic E-state index is 0.102. The van der Waals surface area contributed by atoms with Crippen LogP contribution < -0.4 is 15.6 Å². The summed E-state index contributed by atoms with van der Waals surface area (Å²) in [7, 11) is 0. The van der Waals surface area contributed by atoms with Gasteiger partial charge in [0, 0.05) is 43.8 Å². The molecule has 8 heteroatoms. The second kappa shape index (κ2) is 10.4. The first-order valence-corrected chi connectivity index (χ1v) is 11.6. The predicted octanol–water partition coefficient (Wildman–Crippen LogP) is 2.52. The zero-order chi connectivity index (χ0) is 24.9. The highest BCUT2D eigenvalue weighted by molar-refractivity contribution is 6.03. The van der Waals surface area contributed by atoms with Crippen LogP contribution >= 0.6 is 0 Å². The number of rotatable bonds is 6. The topological polar surface area (TPSA) is 91.7 Å². The molecule has 0 spiro atoms. The third-order valence-electron chi connectivity index (χ3n) is 5.76. The van der Waals surface area contributed by atoms with Crippen molar-refractivity contribution in [3.63, 3.8) is 0 Å². The number of aromatic nitrogens is 1. The van der Waals surface area contributed by atoms with Gasteiger partial charge in [0.15, 0.2) is 0 Å². The first-order chi connectivity index (χ1) is 16.8. The standard InChI is InChI=1S/C27H28N4O4/c1-19(2)28-26(34)22-16-29(15-20-9-5-3-6-10-20)17-23(25(22)33)27(35)30-13-14-31(24(32)18-30)21-11-7-4-8-12-21/h3-12,16-17,19H,13-15,18H2,1-2H3,(H,28,34). The summed E-state index contributed by atoms with van der Waals surface area (Å²) < 4.78 is 1.67. The SMILES string of the molecule is CC(C)NC(=O)c1cn(Cc2ccccc2)cc(C(=O)N2CCN(c3ccccc3)C(=O)C2)c1=O. The fourth-order valence-corrected chi connectivity index (χ4v) is 4.07. The monoisotopic (exact) mass is 472 g/mol. The molecular formula is C27H28N4O4. The van der Waals surface area contributed by atoms with Crippen LogP contribution in [0, 0.1) is 0 Å². The minimum Gasteiger partial charge on any atom is -0.350 e. The van der Waals surface area contributed by atoms with Crippen molar-refractivity contribution in [2.45, 2.75) is 26.4 Å². The van der Waals surface area contributed by atoms with Crippen LogP contribution in [0.1, 0.15) is 40.1 Å². The van der Waals surface area contributed by atoms with Crippen LogP contribution in [0.15, 0.2) is 77.9 Å². The van der Waals surface area contributed by atoms with Gasteiger partial charge in [0.25, 0.3) is 11.8 Å². The van der Waals surface area contributed by atoms with Crippen LogP contribution in [0.25, 0.3) is 0 Å². The summed E-state index contributed by atoms with van der Waals surface area (Å²) in [5.74, 6) is -1.32. The maximum atomic E-state index is 13.4. The van der Waals surface area contributed by atoms with Crippen LogP contribution in [0.5, 0.6) is 0 Å². The van der Waals surface area contributed by atoms with Crippen LogP contribution in [0.2, 0.25) is 0 Å². The quantitative estimate of drug-likeness (QED) is 0.597. The number of carbonyl (C=O) groups is 3. The Balaban J connectivity index is 1.64. The molecular weight excluding hydrogens is 444 g/mol. The number of nitrogens with one attached hydrogen (secondary N) is 1. The lowest BCUT2D eigenvalue weighted by molar-refractivity contribution is -0.120. The molecule has 1 fully saturated rings. The number of hydrogen-bond acceptors (Lipinski definition) is 4. The second-order valence-corrected chi connectivity index (χ2v) is 8.81. The van der Waals surface area contributed by atoms with Gasteiger partial charge in [-0.3, -0.25) is 19.2 Å². The van der Waals surface area contributed by atoms with E-state index < -0.39 is 17.2 Å². The van der Waals surface area contributed by atoms with E-state index in [4.69, 9.17) is 0 Å². The summed E-state index contributed by atoms with van der Waals surface area (Å²) in [6, 6.07) is 18.6. The van der Waals surface area contributed by atoms with E-state index in [-0.39, 0.29) is 36.2 Å². The molecule has 0 radical (unpaired) electrons. The summed E-state index contributed by atoms with van der Waals surface area (Å²) >= 11 is 0. The molecule has 3 amide bonds. The Labute approximate surface area is 203 Å². The highest BCUT2D eigenvalue weighted by atomic mass is 16.2. The minimum atomic E-state index is -0.643. The molecule has 1 saturated heterocycles. The highest BCUT2D eigenvalue weighted by Crippen LogP contribution is 2.18. The number of anilines is 1. The summed E-state index contributed by atoms with van der Waals surface area (Å²) in [6.07, 6.45) is 2.94. The number of carbonyl (C=O) groups excluding carboxylic acids is 3. The number of para-hydroxylation sites is 1. The zero-order valence-electron chi connectivity index (χ0n) is 19.8. The van der Waals surface area contributed by atoms with E-state index in [0.29, 0.717) is 13.1 Å². The number of hydrogen-bond donors (Lipinski definition) is 1. The number of piperazine rings is 1. The zero-order valence-corrected chi connectivity index (χ0v) is 19.8. The van der Waals surface area contributed by atoms with Crippen LogP contribution in [-0.2, 0) is 11.3 Å². The number of nitrogens with zero attached hydrogens (tertiary/aromatic N) is 3. The molecule has 35 heavy (non-hydrogen) atoms. The van der Waals surface area contributed by atoms with Crippen LogP contribution in [0.3, 0.4) is 0 Å². The van der Waals surface area contributed by atoms with Crippen molar-refractivity contribution in [2.75, 3.05) is 24.5 Å². The van der Waals surface area contributed by atoms with Crippen LogP contribution in [-0.4, -0.2) is 52.9 Å². The van der Waals surface area contributed by atoms with Crippen molar-refractivity contribution in [1.29, 1.82) is 0 Å². The average molecular weight is 473 g/mol. The van der Waals surface area contributed by atoms with Gasteiger partial charge in [-0.1, -0.05) is 48.5 Å². The summed E-state index contributed by atoms with van der Waals surface area (Å²) in [4.78, 5) is 55.2. The average Bonchev–Trinajstić information content (AvgIpc) is 2.85. The maximum Gasteiger partial charge on any atom is 0.259 e. The van der Waals surface area contributed by atoms with Gasteiger partial charge in [-0.05, 0) is 31.5 Å². The lowest BCUT2D eigenvalue weighted by Gasteiger charge is -2.34. The van der Waals surface area contributed by atoms with Gasteiger partial charge < -0.3 is 19.7 Å². The fourth-order valence-electron chi connectivity index (χ4n) is 4.07. The normalized spacial score (nSPS) is 13.7. The van der Waals surface area contributed by atoms with Crippen molar-refractivity contribution >= 4 is 23.4 Å². The van der Waals surface area contributed by atoms with E-state index in [0.717, 1.165) is 11.3 Å². The lowest BCUT2D eigenvalue weighted by atomic mass is 10.1. The van der Waals surface area contributed by atoms with E-state index >= 15 is 0 Å². The molecule has 0 atom stereocenters. The van der Waals surface area contributed by atoms with Gasteiger partial charge in [0.1, 0.15) is 17.7 Å². The largest absolute Gasteiger partial charge is 0.350 e. The Morgan fingerprint density at radius 2 is 1.51 bits per heavy atom. The van der Waals surface area contributed by atoms with Crippen molar-refractivity contribution < 1.29 is 14.4 Å². The molecule has 2 aromatic carbocycles. The van der Waals surface area contributed by atoms with Gasteiger partial charge >= 0.3 is 0 Å². The molecule has 3 aromatic rings. The molecule has 0 aliphatic carbocycles. The first-order valence-electron chi connectivity index (χ1n) is 11.6. The summed E-state index contributed by atoms with van der Waals surface area (Å²) in [6.45, 7) is 4.43. The molecule has 1 N–H and O–H groups in total. The predicted molar refractivity (Wildman–Crippen MR) is 134 cm³/mol. The number of pyridine rings is 1. The molecule has 0 bridgehead atoms. The maximum absolute atomic E-state index is 13.4. The number of amides is 3. The molecule has 1 aliphatic heterocycles. The Morgan fingerprint density at radius 3 is 2.14 bits per heavy atom. The third kappa shape index (κ3) is 5.48. The molecule has 1 aromatic heterocycles. The third-order valence-corrected chi connectivity index (χ3v) is 5.76. The van der Waals surface area contributed by atoms with Crippen molar-refractivity contribution in [3.05, 3.63) is 100.0 Å². The smallest absolute Gasteiger partial charge is 0.259 e. The molecule has 2 heterocycles. The molecule has 8 nitrogen and oxygen atoms in total. The Kier molecular flexibility index (Phi) is 7.10. The Hall–Kier alpha value is -4.20. The highest BCUT2D eigenvalue weighted by Gasteiger charge is 2.31. The van der Waals surface area contributed by atoms with Gasteiger partial charge in [-0.2, -0.15) is 0 Å². The van der Waals surface area contributed by atoms with Gasteiger partial charge in [-0.25, -0.2) is 0 Å². The van der Waals surface area contributed by atoms with Crippen LogP contribution in [0.4, 0.5) is 5.69 Å². The van der Waals surface area contributed by atoms with Crippen molar-refractivity contribution in [1.82, 2.24) is 14.8 Å². The lowest BCUT2D eigenvalue weighted by Crippen LogP contribution is -2.53. The summed E-state index contributed by atoms with van der Waals surface area (Å²) in [5, 5.41) is 2.73.